The van der Waals surface area contributed by atoms with Crippen molar-refractivity contribution in [3.05, 3.63) is 29.6 Å². The molecule has 1 N–H and O–H groups in total. The van der Waals surface area contributed by atoms with Crippen molar-refractivity contribution in [1.82, 2.24) is 9.88 Å². The predicted molar refractivity (Wildman–Crippen MR) is 82.7 cm³/mol. The van der Waals surface area contributed by atoms with Gasteiger partial charge in [0, 0.05) is 31.4 Å². The Hall–Kier alpha value is -1.46. The Labute approximate surface area is 131 Å². The highest BCUT2D eigenvalue weighted by Gasteiger charge is 2.33. The molecule has 2 aliphatic rings. The van der Waals surface area contributed by atoms with E-state index >= 15 is 0 Å². The van der Waals surface area contributed by atoms with E-state index in [9.17, 15) is 4.79 Å². The zero-order valence-electron chi connectivity index (χ0n) is 12.9. The second-order valence-electron chi connectivity index (χ2n) is 6.19. The molecule has 0 aliphatic carbocycles. The lowest BCUT2D eigenvalue weighted by atomic mass is 10.0. The molecule has 1 atom stereocenters. The molecule has 0 saturated carbocycles. The molecule has 2 saturated heterocycles. The fourth-order valence-corrected chi connectivity index (χ4v) is 3.62. The van der Waals surface area contributed by atoms with Gasteiger partial charge in [-0.3, -0.25) is 14.7 Å². The van der Waals surface area contributed by atoms with Crippen LogP contribution in [0.15, 0.2) is 18.2 Å². The third kappa shape index (κ3) is 3.65. The average molecular weight is 304 g/mol. The minimum absolute atomic E-state index is 0.144. The second kappa shape index (κ2) is 7.20. The van der Waals surface area contributed by atoms with Crippen LogP contribution < -0.4 is 0 Å². The van der Waals surface area contributed by atoms with Crippen molar-refractivity contribution >= 4 is 5.97 Å². The monoisotopic (exact) mass is 304 g/mol. The quantitative estimate of drug-likeness (QED) is 0.905. The SMILES string of the molecule is O=C(O)CCc1cccc(C2CCCN2C2CCOCC2)n1. The summed E-state index contributed by atoms with van der Waals surface area (Å²) in [7, 11) is 0. The van der Waals surface area contributed by atoms with Crippen LogP contribution in [0.1, 0.15) is 49.5 Å². The smallest absolute Gasteiger partial charge is 0.303 e. The third-order valence-electron chi connectivity index (χ3n) is 4.72. The van der Waals surface area contributed by atoms with E-state index in [1.807, 2.05) is 12.1 Å². The van der Waals surface area contributed by atoms with E-state index in [1.54, 1.807) is 0 Å². The molecule has 0 bridgehead atoms. The molecule has 2 aliphatic heterocycles. The van der Waals surface area contributed by atoms with Crippen LogP contribution in [0.25, 0.3) is 0 Å². The number of pyridine rings is 1. The molecular weight excluding hydrogens is 280 g/mol. The molecule has 5 heteroatoms. The van der Waals surface area contributed by atoms with Crippen molar-refractivity contribution < 1.29 is 14.6 Å². The number of carboxylic acids is 1. The van der Waals surface area contributed by atoms with Crippen LogP contribution in [-0.4, -0.2) is 46.8 Å². The van der Waals surface area contributed by atoms with E-state index in [0.717, 1.165) is 50.4 Å². The first-order valence-electron chi connectivity index (χ1n) is 8.25. The van der Waals surface area contributed by atoms with Gasteiger partial charge in [0.1, 0.15) is 0 Å². The molecule has 1 aromatic rings. The summed E-state index contributed by atoms with van der Waals surface area (Å²) in [5.41, 5.74) is 1.99. The lowest BCUT2D eigenvalue weighted by Gasteiger charge is -2.35. The first kappa shape index (κ1) is 15.4. The number of carbonyl (C=O) groups is 1. The van der Waals surface area contributed by atoms with Crippen molar-refractivity contribution in [2.45, 2.75) is 50.6 Å². The van der Waals surface area contributed by atoms with Crippen LogP contribution in [0.5, 0.6) is 0 Å². The topological polar surface area (TPSA) is 62.7 Å². The lowest BCUT2D eigenvalue weighted by molar-refractivity contribution is -0.136. The van der Waals surface area contributed by atoms with Crippen LogP contribution in [0, 0.1) is 0 Å². The first-order valence-corrected chi connectivity index (χ1v) is 8.25. The van der Waals surface area contributed by atoms with Crippen LogP contribution in [-0.2, 0) is 16.0 Å². The molecule has 22 heavy (non-hydrogen) atoms. The van der Waals surface area contributed by atoms with E-state index in [0.29, 0.717) is 18.5 Å². The Bertz CT molecular complexity index is 514. The number of aliphatic carboxylic acids is 1. The van der Waals surface area contributed by atoms with Crippen molar-refractivity contribution in [2.75, 3.05) is 19.8 Å². The van der Waals surface area contributed by atoms with Gasteiger partial charge in [-0.05, 0) is 44.4 Å². The zero-order chi connectivity index (χ0) is 15.4. The van der Waals surface area contributed by atoms with Gasteiger partial charge in [-0.1, -0.05) is 6.07 Å². The molecule has 5 nitrogen and oxygen atoms in total. The van der Waals surface area contributed by atoms with Gasteiger partial charge in [-0.2, -0.15) is 0 Å². The molecule has 0 aromatic carbocycles. The Balaban J connectivity index is 1.71. The Kier molecular flexibility index (Phi) is 5.05. The number of rotatable bonds is 5. The standard InChI is InChI=1S/C17H24N2O3/c20-17(21)7-6-13-3-1-4-15(18-13)16-5-2-10-19(16)14-8-11-22-12-9-14/h1,3-4,14,16H,2,5-12H2,(H,20,21). The van der Waals surface area contributed by atoms with Crippen LogP contribution in [0.4, 0.5) is 0 Å². The minimum atomic E-state index is -0.767. The average Bonchev–Trinajstić information content (AvgIpc) is 3.04. The van der Waals surface area contributed by atoms with E-state index in [2.05, 4.69) is 11.0 Å². The van der Waals surface area contributed by atoms with Gasteiger partial charge < -0.3 is 9.84 Å². The van der Waals surface area contributed by atoms with Gasteiger partial charge in [0.2, 0.25) is 0 Å². The Morgan fingerprint density at radius 2 is 2.14 bits per heavy atom. The highest BCUT2D eigenvalue weighted by Crippen LogP contribution is 2.35. The fraction of sp³-hybridized carbons (Fsp3) is 0.647. The summed E-state index contributed by atoms with van der Waals surface area (Å²) in [5.74, 6) is -0.767. The minimum Gasteiger partial charge on any atom is -0.481 e. The maximum atomic E-state index is 10.7. The van der Waals surface area contributed by atoms with Gasteiger partial charge in [0.25, 0.3) is 0 Å². The molecule has 1 unspecified atom stereocenters. The summed E-state index contributed by atoms with van der Waals surface area (Å²) in [6.45, 7) is 2.86. The van der Waals surface area contributed by atoms with Crippen LogP contribution in [0.2, 0.25) is 0 Å². The predicted octanol–water partition coefficient (Wildman–Crippen LogP) is 2.41. The maximum Gasteiger partial charge on any atom is 0.303 e. The van der Waals surface area contributed by atoms with Crippen molar-refractivity contribution in [3.8, 4) is 0 Å². The normalized spacial score (nSPS) is 23.7. The Morgan fingerprint density at radius 1 is 1.32 bits per heavy atom. The van der Waals surface area contributed by atoms with Crippen molar-refractivity contribution in [2.24, 2.45) is 0 Å². The number of hydrogen-bond donors (Lipinski definition) is 1. The summed E-state index contributed by atoms with van der Waals surface area (Å²) in [6, 6.07) is 7.02. The van der Waals surface area contributed by atoms with Gasteiger partial charge >= 0.3 is 5.97 Å². The van der Waals surface area contributed by atoms with Gasteiger partial charge in [-0.15, -0.1) is 0 Å². The van der Waals surface area contributed by atoms with Gasteiger partial charge in [0.05, 0.1) is 18.2 Å². The molecule has 1 aromatic heterocycles. The third-order valence-corrected chi connectivity index (χ3v) is 4.72. The van der Waals surface area contributed by atoms with Crippen molar-refractivity contribution in [3.63, 3.8) is 0 Å². The summed E-state index contributed by atoms with van der Waals surface area (Å²) in [6.07, 6.45) is 5.22. The number of nitrogens with zero attached hydrogens (tertiary/aromatic N) is 2. The van der Waals surface area contributed by atoms with Crippen LogP contribution in [0.3, 0.4) is 0 Å². The summed E-state index contributed by atoms with van der Waals surface area (Å²) >= 11 is 0. The summed E-state index contributed by atoms with van der Waals surface area (Å²) < 4.78 is 5.48. The van der Waals surface area contributed by atoms with Gasteiger partial charge in [-0.25, -0.2) is 0 Å². The molecule has 0 amide bonds. The zero-order valence-corrected chi connectivity index (χ0v) is 12.9. The lowest BCUT2D eigenvalue weighted by Crippen LogP contribution is -2.39. The molecular formula is C17H24N2O3. The molecule has 0 spiro atoms. The van der Waals surface area contributed by atoms with Crippen molar-refractivity contribution in [1.29, 1.82) is 0 Å². The van der Waals surface area contributed by atoms with E-state index in [-0.39, 0.29) is 6.42 Å². The molecule has 2 fully saturated rings. The summed E-state index contributed by atoms with van der Waals surface area (Å²) in [5, 5.41) is 8.82. The van der Waals surface area contributed by atoms with Crippen LogP contribution >= 0.6 is 0 Å². The number of hydrogen-bond acceptors (Lipinski definition) is 4. The summed E-state index contributed by atoms with van der Waals surface area (Å²) in [4.78, 5) is 18.0. The Morgan fingerprint density at radius 3 is 2.91 bits per heavy atom. The maximum absolute atomic E-state index is 10.7. The van der Waals surface area contributed by atoms with E-state index < -0.39 is 5.97 Å². The molecule has 3 rings (SSSR count). The number of aryl methyl sites for hydroxylation is 1. The fourth-order valence-electron chi connectivity index (χ4n) is 3.62. The molecule has 0 radical (unpaired) electrons. The number of likely N-dealkylation sites (tertiary alicyclic amines) is 1. The first-order chi connectivity index (χ1) is 10.7. The second-order valence-corrected chi connectivity index (χ2v) is 6.19. The number of ether oxygens (including phenoxy) is 1. The largest absolute Gasteiger partial charge is 0.481 e. The molecule has 3 heterocycles. The highest BCUT2D eigenvalue weighted by atomic mass is 16.5. The molecule has 120 valence electrons. The number of aromatic nitrogens is 1. The highest BCUT2D eigenvalue weighted by molar-refractivity contribution is 5.66. The van der Waals surface area contributed by atoms with E-state index in [4.69, 9.17) is 14.8 Å². The van der Waals surface area contributed by atoms with E-state index in [1.165, 1.54) is 6.42 Å². The number of carboxylic acid groups (broad SMARTS) is 1. The van der Waals surface area contributed by atoms with Gasteiger partial charge in [0.15, 0.2) is 0 Å².